The molecule has 11 nitrogen and oxygen atoms in total. The molecular weight excluding hydrogens is 845 g/mol. The van der Waals surface area contributed by atoms with Crippen LogP contribution in [0, 0.1) is 11.9 Å². The van der Waals surface area contributed by atoms with Crippen LogP contribution in [0.1, 0.15) is 42.5 Å². The van der Waals surface area contributed by atoms with E-state index in [4.69, 9.17) is 9.47 Å². The van der Waals surface area contributed by atoms with E-state index in [9.17, 15) is 18.4 Å². The summed E-state index contributed by atoms with van der Waals surface area (Å²) in [5, 5.41) is 21.3. The molecule has 8 aromatic rings. The summed E-state index contributed by atoms with van der Waals surface area (Å²) in [5.74, 6) is -0.0609. The molecule has 0 aliphatic rings. The summed E-state index contributed by atoms with van der Waals surface area (Å²) in [7, 11) is 6.95. The minimum atomic E-state index is -0.575. The first-order valence-electron chi connectivity index (χ1n) is 19.5. The van der Waals surface area contributed by atoms with E-state index in [-0.39, 0.29) is 16.6 Å². The first kappa shape index (κ1) is 46.4. The number of aromatic amines is 2. The van der Waals surface area contributed by atoms with E-state index in [1.165, 1.54) is 46.3 Å². The van der Waals surface area contributed by atoms with Gasteiger partial charge in [0.1, 0.15) is 25.1 Å². The highest BCUT2D eigenvalue weighted by molar-refractivity contribution is 7.17. The van der Waals surface area contributed by atoms with Crippen LogP contribution in [-0.4, -0.2) is 74.4 Å². The van der Waals surface area contributed by atoms with Gasteiger partial charge in [0.15, 0.2) is 22.6 Å². The molecule has 0 spiro atoms. The average molecular weight is 896 g/mol. The molecule has 0 aromatic carbocycles. The van der Waals surface area contributed by atoms with Crippen LogP contribution in [0.4, 0.5) is 8.78 Å². The Morgan fingerprint density at radius 1 is 0.717 bits per heavy atom. The number of ether oxygens (including phenoxy) is 2. The number of methoxy groups -OCH3 is 2. The number of aryl methyl sites for hydroxylation is 1. The lowest BCUT2D eigenvalue weighted by Gasteiger charge is -2.01. The minimum absolute atomic E-state index is 0.122. The van der Waals surface area contributed by atoms with E-state index in [0.29, 0.717) is 10.2 Å². The molecule has 0 aliphatic heterocycles. The molecule has 0 bridgehead atoms. The maximum atomic E-state index is 13.3. The van der Waals surface area contributed by atoms with Crippen LogP contribution >= 0.6 is 45.3 Å². The van der Waals surface area contributed by atoms with Crippen LogP contribution in [0.15, 0.2) is 67.8 Å². The van der Waals surface area contributed by atoms with Gasteiger partial charge >= 0.3 is 0 Å². The lowest BCUT2D eigenvalue weighted by Crippen LogP contribution is -2.16. The van der Waals surface area contributed by atoms with Crippen molar-refractivity contribution >= 4 is 86.2 Å². The first-order chi connectivity index (χ1) is 29.1. The molecule has 17 heteroatoms. The Labute approximate surface area is 363 Å². The summed E-state index contributed by atoms with van der Waals surface area (Å²) in [6.45, 7) is 7.90. The van der Waals surface area contributed by atoms with Gasteiger partial charge in [0, 0.05) is 29.1 Å². The van der Waals surface area contributed by atoms with Crippen molar-refractivity contribution < 1.29 is 18.3 Å². The number of halogens is 2. The molecule has 0 saturated heterocycles. The molecule has 0 atom stereocenters. The van der Waals surface area contributed by atoms with E-state index < -0.39 is 11.9 Å². The highest BCUT2D eigenvalue weighted by Gasteiger charge is 2.12. The molecule has 0 radical (unpaired) electrons. The van der Waals surface area contributed by atoms with E-state index in [1.807, 2.05) is 24.9 Å². The Balaban J connectivity index is 0.000000152. The molecule has 8 rings (SSSR count). The number of hydrogen-bond acceptors (Lipinski definition) is 13. The van der Waals surface area contributed by atoms with Gasteiger partial charge in [-0.3, -0.25) is 9.59 Å². The lowest BCUT2D eigenvalue weighted by atomic mass is 10.1. The second-order valence-corrected chi connectivity index (χ2v) is 16.9. The third-order valence-corrected chi connectivity index (χ3v) is 13.1. The largest absolute Gasteiger partial charge is 0.495 e. The van der Waals surface area contributed by atoms with Crippen LogP contribution < -0.4 is 36.3 Å². The third-order valence-electron chi connectivity index (χ3n) is 9.30. The van der Waals surface area contributed by atoms with Crippen LogP contribution in [0.5, 0.6) is 11.5 Å². The van der Waals surface area contributed by atoms with Gasteiger partial charge in [-0.15, -0.1) is 45.3 Å². The van der Waals surface area contributed by atoms with Crippen molar-refractivity contribution in [2.45, 2.75) is 46.0 Å². The van der Waals surface area contributed by atoms with Gasteiger partial charge in [0.2, 0.25) is 0 Å². The van der Waals surface area contributed by atoms with E-state index in [1.54, 1.807) is 54.3 Å². The summed E-state index contributed by atoms with van der Waals surface area (Å²) in [4.78, 5) is 40.5. The second-order valence-electron chi connectivity index (χ2n) is 13.4. The predicted octanol–water partition coefficient (Wildman–Crippen LogP) is 8.70. The number of H-pyrrole nitrogens is 2. The zero-order valence-corrected chi connectivity index (χ0v) is 37.8. The molecule has 8 aromatic heterocycles. The smallest absolute Gasteiger partial charge is 0.256 e. The Hall–Kier alpha value is -4.62. The molecule has 320 valence electrons. The van der Waals surface area contributed by atoms with E-state index in [0.717, 1.165) is 106 Å². The Morgan fingerprint density at radius 3 is 2.00 bits per heavy atom. The fourth-order valence-electron chi connectivity index (χ4n) is 6.25. The number of thiophene rings is 4. The van der Waals surface area contributed by atoms with Crippen LogP contribution in [0.25, 0.3) is 40.9 Å². The van der Waals surface area contributed by atoms with Crippen molar-refractivity contribution in [2.24, 2.45) is 0 Å². The van der Waals surface area contributed by atoms with Crippen LogP contribution in [-0.2, 0) is 25.7 Å². The molecule has 0 amide bonds. The fraction of sp³-hybridized carbons (Fsp3) is 0.349. The van der Waals surface area contributed by atoms with Crippen molar-refractivity contribution in [1.29, 1.82) is 0 Å². The molecule has 8 heterocycles. The maximum absolute atomic E-state index is 13.3. The van der Waals surface area contributed by atoms with Crippen molar-refractivity contribution in [3.8, 4) is 11.5 Å². The number of rotatable bonds is 14. The van der Waals surface area contributed by atoms with Crippen molar-refractivity contribution in [2.75, 3.05) is 54.5 Å². The Morgan fingerprint density at radius 2 is 1.33 bits per heavy atom. The van der Waals surface area contributed by atoms with Gasteiger partial charge in [-0.25, -0.2) is 9.97 Å². The summed E-state index contributed by atoms with van der Waals surface area (Å²) in [6.07, 6.45) is 8.27. The van der Waals surface area contributed by atoms with E-state index in [2.05, 4.69) is 66.6 Å². The van der Waals surface area contributed by atoms with Crippen molar-refractivity contribution in [3.05, 3.63) is 113 Å². The molecule has 5 N–H and O–H groups in total. The van der Waals surface area contributed by atoms with Gasteiger partial charge in [-0.1, -0.05) is 20.3 Å². The highest BCUT2D eigenvalue weighted by Crippen LogP contribution is 2.30. The average Bonchev–Trinajstić information content (AvgIpc) is 4.05. The SMILES string of the molecule is CCCc1csc2nc(F)c(OC)cc12.CCNCCc1csc2[nH]ccc(=O)c12.CNCCc1csc2[nH]c(F)cc(=O)c12.CNCCc1csc2ncc(OC)cc12. The van der Waals surface area contributed by atoms with Crippen molar-refractivity contribution in [3.63, 3.8) is 0 Å². The van der Waals surface area contributed by atoms with Gasteiger partial charge in [0.25, 0.3) is 5.95 Å². The molecular formula is C43H51F2N7O4S4. The molecule has 60 heavy (non-hydrogen) atoms. The number of aromatic nitrogens is 4. The summed E-state index contributed by atoms with van der Waals surface area (Å²) in [5.41, 5.74) is 4.58. The lowest BCUT2D eigenvalue weighted by molar-refractivity contribution is 0.379. The highest BCUT2D eigenvalue weighted by atomic mass is 32.1. The van der Waals surface area contributed by atoms with Crippen molar-refractivity contribution in [1.82, 2.24) is 35.9 Å². The van der Waals surface area contributed by atoms with Gasteiger partial charge in [-0.05, 0) is 122 Å². The summed E-state index contributed by atoms with van der Waals surface area (Å²) in [6, 6.07) is 6.38. The Kier molecular flexibility index (Phi) is 18.1. The van der Waals surface area contributed by atoms with Crippen LogP contribution in [0.2, 0.25) is 0 Å². The summed E-state index contributed by atoms with van der Waals surface area (Å²) >= 11 is 6.14. The molecule has 0 saturated carbocycles. The molecule has 0 fully saturated rings. The number of pyridine rings is 4. The zero-order chi connectivity index (χ0) is 43.0. The number of nitrogens with zero attached hydrogens (tertiary/aromatic N) is 2. The monoisotopic (exact) mass is 895 g/mol. The quantitative estimate of drug-likeness (QED) is 0.0535. The fourth-order valence-corrected chi connectivity index (χ4v) is 10.1. The number of nitrogens with one attached hydrogen (secondary N) is 5. The number of hydrogen-bond donors (Lipinski definition) is 5. The standard InChI is InChI=1S/C11H12FNOS.2C11H14N2OS.C10H11FN2OS/c1-3-4-7-6-15-11-8(7)5-9(14-2)10(12)13-11;1-12-4-3-8-7-15-11-10(8)5-9(14-2)6-13-11;1-2-12-5-3-8-7-15-11-10(8)9(14)4-6-13-11;1-12-3-2-6-5-15-10-9(6)7(14)4-8(11)13-10/h5-6H,3-4H2,1-2H3;5-7,12H,3-4H2,1-2H3;4,6-7,12H,2-3,5H2,1H3,(H,13,14);4-5,12H,2-3H2,1H3,(H,13,14). The summed E-state index contributed by atoms with van der Waals surface area (Å²) < 4.78 is 36.3. The topological polar surface area (TPSA) is 146 Å². The number of likely N-dealkylation sites (N-methyl/N-ethyl adjacent to an activating group) is 3. The van der Waals surface area contributed by atoms with Gasteiger partial charge in [-0.2, -0.15) is 8.78 Å². The van der Waals surface area contributed by atoms with Gasteiger partial charge in [0.05, 0.1) is 31.2 Å². The van der Waals surface area contributed by atoms with Gasteiger partial charge < -0.3 is 35.4 Å². The van der Waals surface area contributed by atoms with Crippen LogP contribution in [0.3, 0.4) is 0 Å². The number of fused-ring (bicyclic) bond motifs is 4. The molecule has 0 aliphatic carbocycles. The Bertz CT molecular complexity index is 2700. The minimum Gasteiger partial charge on any atom is -0.495 e. The molecule has 0 unspecified atom stereocenters. The zero-order valence-electron chi connectivity index (χ0n) is 34.6. The first-order valence-corrected chi connectivity index (χ1v) is 23.0. The van der Waals surface area contributed by atoms with E-state index >= 15 is 0 Å². The maximum Gasteiger partial charge on any atom is 0.256 e. The predicted molar refractivity (Wildman–Crippen MR) is 249 cm³/mol. The normalized spacial score (nSPS) is 10.9. The third kappa shape index (κ3) is 12.0. The second kappa shape index (κ2) is 23.4.